The summed E-state index contributed by atoms with van der Waals surface area (Å²) in [5, 5.41) is 0. The van der Waals surface area contributed by atoms with Gasteiger partial charge in [0.25, 0.3) is 5.91 Å². The molecular weight excluding hydrogens is 264 g/mol. The SMILES string of the molecule is NC(=O)c1cc(N)cnc1N1CCC2(CCCCC2)CC1. The molecule has 1 saturated heterocycles. The predicted molar refractivity (Wildman–Crippen MR) is 84.1 cm³/mol. The molecule has 1 saturated carbocycles. The van der Waals surface area contributed by atoms with Crippen LogP contribution in [0, 0.1) is 5.41 Å². The molecule has 3 rings (SSSR count). The highest BCUT2D eigenvalue weighted by Crippen LogP contribution is 2.45. The van der Waals surface area contributed by atoms with Gasteiger partial charge in [0, 0.05) is 13.1 Å². The minimum Gasteiger partial charge on any atom is -0.397 e. The van der Waals surface area contributed by atoms with Gasteiger partial charge in [-0.3, -0.25) is 4.79 Å². The summed E-state index contributed by atoms with van der Waals surface area (Å²) in [5.41, 5.74) is 12.6. The second kappa shape index (κ2) is 5.54. The van der Waals surface area contributed by atoms with Gasteiger partial charge >= 0.3 is 0 Å². The smallest absolute Gasteiger partial charge is 0.252 e. The van der Waals surface area contributed by atoms with Crippen molar-refractivity contribution in [2.75, 3.05) is 23.7 Å². The van der Waals surface area contributed by atoms with Crippen LogP contribution < -0.4 is 16.4 Å². The zero-order valence-corrected chi connectivity index (χ0v) is 12.5. The number of carbonyl (C=O) groups excluding carboxylic acids is 1. The number of piperidine rings is 1. The van der Waals surface area contributed by atoms with Crippen molar-refractivity contribution in [3.05, 3.63) is 17.8 Å². The summed E-state index contributed by atoms with van der Waals surface area (Å²) in [7, 11) is 0. The molecule has 4 N–H and O–H groups in total. The number of hydrogen-bond acceptors (Lipinski definition) is 4. The molecule has 5 heteroatoms. The molecule has 0 unspecified atom stereocenters. The molecule has 1 aromatic rings. The van der Waals surface area contributed by atoms with E-state index in [0.717, 1.165) is 13.1 Å². The fourth-order valence-corrected chi connectivity index (χ4v) is 3.90. The Bertz CT molecular complexity index is 527. The summed E-state index contributed by atoms with van der Waals surface area (Å²) in [4.78, 5) is 18.2. The molecule has 114 valence electrons. The van der Waals surface area contributed by atoms with Crippen molar-refractivity contribution in [3.63, 3.8) is 0 Å². The number of nitrogens with zero attached hydrogens (tertiary/aromatic N) is 2. The van der Waals surface area contributed by atoms with E-state index in [-0.39, 0.29) is 0 Å². The van der Waals surface area contributed by atoms with Crippen LogP contribution in [-0.2, 0) is 0 Å². The van der Waals surface area contributed by atoms with Gasteiger partial charge in [0.2, 0.25) is 0 Å². The molecule has 1 spiro atoms. The number of anilines is 2. The van der Waals surface area contributed by atoms with E-state index in [1.807, 2.05) is 0 Å². The van der Waals surface area contributed by atoms with E-state index in [0.29, 0.717) is 22.5 Å². The highest BCUT2D eigenvalue weighted by atomic mass is 16.1. The van der Waals surface area contributed by atoms with Gasteiger partial charge in [-0.1, -0.05) is 19.3 Å². The predicted octanol–water partition coefficient (Wildman–Crippen LogP) is 2.31. The molecule has 0 atom stereocenters. The summed E-state index contributed by atoms with van der Waals surface area (Å²) in [6, 6.07) is 1.63. The standard InChI is InChI=1S/C16H24N4O/c17-12-10-13(14(18)21)15(19-11-12)20-8-6-16(7-9-20)4-2-1-3-5-16/h10-11H,1-9,17H2,(H2,18,21). The van der Waals surface area contributed by atoms with Crippen LogP contribution in [0.1, 0.15) is 55.3 Å². The Morgan fingerprint density at radius 2 is 1.81 bits per heavy atom. The molecular formula is C16H24N4O. The van der Waals surface area contributed by atoms with Crippen LogP contribution in [-0.4, -0.2) is 24.0 Å². The Balaban J connectivity index is 1.76. The number of nitrogens with two attached hydrogens (primary N) is 2. The maximum atomic E-state index is 11.6. The van der Waals surface area contributed by atoms with E-state index in [2.05, 4.69) is 9.88 Å². The lowest BCUT2D eigenvalue weighted by atomic mass is 9.68. The van der Waals surface area contributed by atoms with Crippen LogP contribution in [0.25, 0.3) is 0 Å². The zero-order chi connectivity index (χ0) is 14.9. The molecule has 21 heavy (non-hydrogen) atoms. The molecule has 0 radical (unpaired) electrons. The summed E-state index contributed by atoms with van der Waals surface area (Å²) in [6.45, 7) is 1.91. The lowest BCUT2D eigenvalue weighted by Gasteiger charge is -2.44. The van der Waals surface area contributed by atoms with Crippen LogP contribution in [0.5, 0.6) is 0 Å². The minimum absolute atomic E-state index is 0.439. The van der Waals surface area contributed by atoms with Gasteiger partial charge in [-0.25, -0.2) is 4.98 Å². The lowest BCUT2D eigenvalue weighted by Crippen LogP contribution is -2.42. The van der Waals surface area contributed by atoms with E-state index < -0.39 is 5.91 Å². The molecule has 1 aromatic heterocycles. The monoisotopic (exact) mass is 288 g/mol. The van der Waals surface area contributed by atoms with Crippen LogP contribution in [0.15, 0.2) is 12.3 Å². The van der Waals surface area contributed by atoms with Crippen molar-refractivity contribution >= 4 is 17.4 Å². The maximum Gasteiger partial charge on any atom is 0.252 e. The third kappa shape index (κ3) is 2.82. The number of primary amides is 1. The van der Waals surface area contributed by atoms with Gasteiger partial charge in [0.15, 0.2) is 0 Å². The van der Waals surface area contributed by atoms with Crippen molar-refractivity contribution in [2.24, 2.45) is 11.1 Å². The third-order valence-electron chi connectivity index (χ3n) is 5.19. The normalized spacial score (nSPS) is 21.4. The first kappa shape index (κ1) is 14.2. The van der Waals surface area contributed by atoms with Gasteiger partial charge in [0.1, 0.15) is 5.82 Å². The van der Waals surface area contributed by atoms with Crippen LogP contribution in [0.4, 0.5) is 11.5 Å². The first-order chi connectivity index (χ1) is 10.1. The highest BCUT2D eigenvalue weighted by Gasteiger charge is 2.36. The Morgan fingerprint density at radius 3 is 2.43 bits per heavy atom. The van der Waals surface area contributed by atoms with E-state index in [4.69, 9.17) is 11.5 Å². The van der Waals surface area contributed by atoms with Gasteiger partial charge in [0.05, 0.1) is 17.4 Å². The Morgan fingerprint density at radius 1 is 1.14 bits per heavy atom. The molecule has 1 amide bonds. The van der Waals surface area contributed by atoms with E-state index in [1.54, 1.807) is 12.3 Å². The zero-order valence-electron chi connectivity index (χ0n) is 12.5. The number of hydrogen-bond donors (Lipinski definition) is 2. The molecule has 0 bridgehead atoms. The summed E-state index contributed by atoms with van der Waals surface area (Å²) in [5.74, 6) is 0.241. The fourth-order valence-electron chi connectivity index (χ4n) is 3.90. The second-order valence-electron chi connectivity index (χ2n) is 6.55. The maximum absolute atomic E-state index is 11.6. The fraction of sp³-hybridized carbons (Fsp3) is 0.625. The number of amides is 1. The summed E-state index contributed by atoms with van der Waals surface area (Å²) in [6.07, 6.45) is 10.8. The van der Waals surface area contributed by atoms with E-state index in [9.17, 15) is 4.79 Å². The highest BCUT2D eigenvalue weighted by molar-refractivity contribution is 5.98. The number of aromatic nitrogens is 1. The Labute approximate surface area is 125 Å². The van der Waals surface area contributed by atoms with Gasteiger partial charge in [-0.05, 0) is 37.2 Å². The number of nitrogen functional groups attached to an aromatic ring is 1. The molecule has 1 aliphatic heterocycles. The molecule has 1 aliphatic carbocycles. The first-order valence-electron chi connectivity index (χ1n) is 7.90. The Hall–Kier alpha value is -1.78. The molecule has 2 aliphatic rings. The third-order valence-corrected chi connectivity index (χ3v) is 5.19. The molecule has 2 fully saturated rings. The number of rotatable bonds is 2. The average molecular weight is 288 g/mol. The van der Waals surface area contributed by atoms with Gasteiger partial charge in [-0.15, -0.1) is 0 Å². The largest absolute Gasteiger partial charge is 0.397 e. The van der Waals surface area contributed by atoms with Crippen LogP contribution in [0.2, 0.25) is 0 Å². The lowest BCUT2D eigenvalue weighted by molar-refractivity contribution is 0.1000. The second-order valence-corrected chi connectivity index (χ2v) is 6.55. The Kier molecular flexibility index (Phi) is 3.74. The van der Waals surface area contributed by atoms with Crippen molar-refractivity contribution < 1.29 is 4.79 Å². The molecule has 0 aromatic carbocycles. The van der Waals surface area contributed by atoms with Crippen LogP contribution in [0.3, 0.4) is 0 Å². The average Bonchev–Trinajstić information content (AvgIpc) is 2.49. The van der Waals surface area contributed by atoms with E-state index in [1.165, 1.54) is 44.9 Å². The number of pyridine rings is 1. The van der Waals surface area contributed by atoms with Crippen molar-refractivity contribution in [2.45, 2.75) is 44.9 Å². The van der Waals surface area contributed by atoms with E-state index >= 15 is 0 Å². The molecule has 5 nitrogen and oxygen atoms in total. The minimum atomic E-state index is -0.456. The van der Waals surface area contributed by atoms with Gasteiger partial charge in [-0.2, -0.15) is 0 Å². The van der Waals surface area contributed by atoms with Crippen LogP contribution >= 0.6 is 0 Å². The summed E-state index contributed by atoms with van der Waals surface area (Å²) < 4.78 is 0. The van der Waals surface area contributed by atoms with Crippen molar-refractivity contribution in [1.82, 2.24) is 4.98 Å². The summed E-state index contributed by atoms with van der Waals surface area (Å²) >= 11 is 0. The van der Waals surface area contributed by atoms with Gasteiger partial charge < -0.3 is 16.4 Å². The molecule has 2 heterocycles. The number of carbonyl (C=O) groups is 1. The first-order valence-corrected chi connectivity index (χ1v) is 7.90. The van der Waals surface area contributed by atoms with Crippen molar-refractivity contribution in [3.8, 4) is 0 Å². The van der Waals surface area contributed by atoms with Crippen molar-refractivity contribution in [1.29, 1.82) is 0 Å². The quantitative estimate of drug-likeness (QED) is 0.874. The topological polar surface area (TPSA) is 85.2 Å².